The number of aliphatic carboxylic acids is 1. The maximum atomic E-state index is 13.4. The minimum atomic E-state index is -1.26. The first-order valence-electron chi connectivity index (χ1n) is 4.43. The second-order valence-electron chi connectivity index (χ2n) is 3.10. The van der Waals surface area contributed by atoms with E-state index in [0.29, 0.717) is 0 Å². The van der Waals surface area contributed by atoms with Crippen molar-refractivity contribution in [1.29, 1.82) is 0 Å². The zero-order chi connectivity index (χ0) is 12.3. The zero-order valence-electron chi connectivity index (χ0n) is 8.61. The van der Waals surface area contributed by atoms with Gasteiger partial charge in [-0.15, -0.1) is 5.12 Å². The molecule has 0 aliphatic rings. The molecule has 5 heteroatoms. The van der Waals surface area contributed by atoms with Crippen molar-refractivity contribution in [2.45, 2.75) is 6.92 Å². The normalized spacial score (nSPS) is 9.62. The summed E-state index contributed by atoms with van der Waals surface area (Å²) in [5.74, 6) is -2.09. The van der Waals surface area contributed by atoms with Crippen LogP contribution in [0.2, 0.25) is 0 Å². The van der Waals surface area contributed by atoms with Gasteiger partial charge in [0.2, 0.25) is 0 Å². The Hall–Kier alpha value is -2.17. The van der Waals surface area contributed by atoms with Crippen LogP contribution in [0.1, 0.15) is 12.5 Å². The number of hydrogen-bond donors (Lipinski definition) is 1. The Labute approximate surface area is 91.5 Å². The lowest BCUT2D eigenvalue weighted by molar-refractivity contribution is -0.130. The smallest absolute Gasteiger partial charge is 0.335 e. The number of halogens is 1. The summed E-state index contributed by atoms with van der Waals surface area (Å²) in [7, 11) is 0. The van der Waals surface area contributed by atoms with Crippen LogP contribution in [0.25, 0.3) is 5.57 Å². The molecule has 1 rings (SSSR count). The molecule has 84 valence electrons. The van der Waals surface area contributed by atoms with Gasteiger partial charge >= 0.3 is 5.97 Å². The summed E-state index contributed by atoms with van der Waals surface area (Å²) >= 11 is 0. The van der Waals surface area contributed by atoms with Crippen LogP contribution in [-0.4, -0.2) is 17.0 Å². The van der Waals surface area contributed by atoms with Crippen molar-refractivity contribution in [3.8, 4) is 0 Å². The molecule has 1 aromatic carbocycles. The molecule has 16 heavy (non-hydrogen) atoms. The van der Waals surface area contributed by atoms with Gasteiger partial charge in [0.1, 0.15) is 0 Å². The van der Waals surface area contributed by atoms with Crippen molar-refractivity contribution in [3.05, 3.63) is 36.4 Å². The number of nitrogens with zero attached hydrogens (tertiary/aromatic N) is 1. The fraction of sp³-hybridized carbons (Fsp3) is 0.0909. The van der Waals surface area contributed by atoms with Crippen molar-refractivity contribution < 1.29 is 19.2 Å². The summed E-state index contributed by atoms with van der Waals surface area (Å²) in [5, 5.41) is 8.65. The Balaban J connectivity index is 3.25. The molecule has 0 fully saturated rings. The number of hydrogen-bond acceptors (Lipinski definition) is 2. The lowest BCUT2D eigenvalue weighted by Gasteiger charge is -2.14. The van der Waals surface area contributed by atoms with E-state index in [2.05, 4.69) is 6.58 Å². The highest BCUT2D eigenvalue weighted by atomic mass is 19.2. The summed E-state index contributed by atoms with van der Waals surface area (Å²) in [6.45, 7) is 4.36. The molecule has 0 unspecified atom stereocenters. The van der Waals surface area contributed by atoms with Gasteiger partial charge in [-0.3, -0.25) is 4.79 Å². The zero-order valence-corrected chi connectivity index (χ0v) is 8.61. The quantitative estimate of drug-likeness (QED) is 0.630. The molecular weight excluding hydrogens is 213 g/mol. The van der Waals surface area contributed by atoms with Crippen LogP contribution in [0.3, 0.4) is 0 Å². The van der Waals surface area contributed by atoms with Gasteiger partial charge in [-0.05, 0) is 6.07 Å². The second-order valence-corrected chi connectivity index (χ2v) is 3.10. The molecule has 1 amide bonds. The van der Waals surface area contributed by atoms with E-state index in [1.807, 2.05) is 0 Å². The van der Waals surface area contributed by atoms with Crippen molar-refractivity contribution in [3.63, 3.8) is 0 Å². The van der Waals surface area contributed by atoms with Gasteiger partial charge in [-0.25, -0.2) is 4.79 Å². The molecule has 0 aromatic heterocycles. The summed E-state index contributed by atoms with van der Waals surface area (Å²) in [6, 6.07) is 5.75. The second kappa shape index (κ2) is 4.57. The van der Waals surface area contributed by atoms with Gasteiger partial charge in [-0.1, -0.05) is 29.3 Å². The molecule has 4 nitrogen and oxygen atoms in total. The summed E-state index contributed by atoms with van der Waals surface area (Å²) < 4.78 is 13.4. The largest absolute Gasteiger partial charge is 0.478 e. The molecular formula is C11H10FNO3. The molecule has 0 heterocycles. The van der Waals surface area contributed by atoms with Crippen LogP contribution in [0.15, 0.2) is 30.8 Å². The van der Waals surface area contributed by atoms with Gasteiger partial charge in [-0.2, -0.15) is 0 Å². The van der Waals surface area contributed by atoms with E-state index >= 15 is 0 Å². The van der Waals surface area contributed by atoms with Gasteiger partial charge in [0.25, 0.3) is 5.91 Å². The Bertz CT molecular complexity index is 456. The average molecular weight is 223 g/mol. The third-order valence-electron chi connectivity index (χ3n) is 1.98. The summed E-state index contributed by atoms with van der Waals surface area (Å²) in [6.07, 6.45) is 0. The number of carboxylic acid groups (broad SMARTS) is 1. The van der Waals surface area contributed by atoms with E-state index in [9.17, 15) is 14.1 Å². The molecule has 0 bridgehead atoms. The monoisotopic (exact) mass is 223 g/mol. The average Bonchev–Trinajstić information content (AvgIpc) is 2.26. The van der Waals surface area contributed by atoms with Gasteiger partial charge < -0.3 is 5.11 Å². The van der Waals surface area contributed by atoms with Crippen molar-refractivity contribution in [2.75, 3.05) is 5.12 Å². The van der Waals surface area contributed by atoms with Gasteiger partial charge in [0.15, 0.2) is 0 Å². The van der Waals surface area contributed by atoms with Crippen LogP contribution in [0, 0.1) is 0 Å². The standard InChI is InChI=1S/C11H10FNO3/c1-7(11(15)16)9-5-3-4-6-10(9)13(12)8(2)14/h3-6H,1H2,2H3,(H,15,16). The molecule has 0 spiro atoms. The molecule has 0 aliphatic heterocycles. The Morgan fingerprint density at radius 2 is 1.94 bits per heavy atom. The van der Waals surface area contributed by atoms with Crippen LogP contribution in [0.4, 0.5) is 10.2 Å². The lowest BCUT2D eigenvalue weighted by Crippen LogP contribution is -2.19. The summed E-state index contributed by atoms with van der Waals surface area (Å²) in [4.78, 5) is 21.6. The number of para-hydroxylation sites is 1. The van der Waals surface area contributed by atoms with Gasteiger partial charge in [0.05, 0.1) is 11.3 Å². The highest BCUT2D eigenvalue weighted by Gasteiger charge is 2.18. The fourth-order valence-electron chi connectivity index (χ4n) is 1.18. The highest BCUT2D eigenvalue weighted by Crippen LogP contribution is 2.26. The van der Waals surface area contributed by atoms with Crippen LogP contribution in [0.5, 0.6) is 0 Å². The SMILES string of the molecule is C=C(C(=O)O)c1ccccc1N(F)C(C)=O. The Morgan fingerprint density at radius 3 is 2.44 bits per heavy atom. The van der Waals surface area contributed by atoms with E-state index < -0.39 is 11.9 Å². The topological polar surface area (TPSA) is 57.6 Å². The number of carbonyl (C=O) groups is 2. The number of amides is 1. The lowest BCUT2D eigenvalue weighted by atomic mass is 10.1. The maximum Gasteiger partial charge on any atom is 0.335 e. The van der Waals surface area contributed by atoms with Crippen LogP contribution < -0.4 is 5.12 Å². The Morgan fingerprint density at radius 1 is 1.38 bits per heavy atom. The minimum absolute atomic E-state index is 0.0766. The maximum absolute atomic E-state index is 13.4. The minimum Gasteiger partial charge on any atom is -0.478 e. The van der Waals surface area contributed by atoms with Crippen molar-refractivity contribution in [1.82, 2.24) is 0 Å². The third kappa shape index (κ3) is 2.25. The predicted octanol–water partition coefficient (Wildman–Crippen LogP) is 2.02. The number of carbonyl (C=O) groups excluding carboxylic acids is 1. The number of carboxylic acids is 1. The highest BCUT2D eigenvalue weighted by molar-refractivity contribution is 6.16. The van der Waals surface area contributed by atoms with Crippen LogP contribution in [-0.2, 0) is 9.59 Å². The fourth-order valence-corrected chi connectivity index (χ4v) is 1.18. The number of anilines is 1. The number of benzene rings is 1. The van der Waals surface area contributed by atoms with E-state index in [1.54, 1.807) is 6.07 Å². The first-order chi connectivity index (χ1) is 7.45. The third-order valence-corrected chi connectivity index (χ3v) is 1.98. The van der Waals surface area contributed by atoms with Gasteiger partial charge in [0, 0.05) is 12.5 Å². The molecule has 0 aliphatic carbocycles. The van der Waals surface area contributed by atoms with Crippen molar-refractivity contribution >= 4 is 23.1 Å². The van der Waals surface area contributed by atoms with E-state index in [4.69, 9.17) is 5.11 Å². The molecule has 1 N–H and O–H groups in total. The van der Waals surface area contributed by atoms with Crippen LogP contribution >= 0.6 is 0 Å². The first kappa shape index (κ1) is 11.9. The molecule has 1 aromatic rings. The molecule has 0 saturated carbocycles. The molecule has 0 saturated heterocycles. The predicted molar refractivity (Wildman–Crippen MR) is 57.4 cm³/mol. The first-order valence-corrected chi connectivity index (χ1v) is 4.43. The number of rotatable bonds is 3. The van der Waals surface area contributed by atoms with E-state index in [-0.39, 0.29) is 21.9 Å². The molecule has 0 atom stereocenters. The van der Waals surface area contributed by atoms with E-state index in [1.165, 1.54) is 18.2 Å². The van der Waals surface area contributed by atoms with E-state index in [0.717, 1.165) is 6.92 Å². The Kier molecular flexibility index (Phi) is 3.40. The summed E-state index contributed by atoms with van der Waals surface area (Å²) in [5.41, 5.74) is -0.311. The van der Waals surface area contributed by atoms with Crippen molar-refractivity contribution in [2.24, 2.45) is 0 Å². The molecule has 0 radical (unpaired) electrons.